The zero-order valence-corrected chi connectivity index (χ0v) is 13.6. The van der Waals surface area contributed by atoms with Crippen molar-refractivity contribution in [1.29, 1.82) is 0 Å². The molecule has 6 nitrogen and oxygen atoms in total. The lowest BCUT2D eigenvalue weighted by molar-refractivity contribution is 0.00974. The Morgan fingerprint density at radius 2 is 1.80 bits per heavy atom. The second-order valence-corrected chi connectivity index (χ2v) is 10.8. The number of sulfone groups is 2. The first-order chi connectivity index (χ1) is 9.08. The molecule has 20 heavy (non-hydrogen) atoms. The fraction of sp³-hybridized carbons (Fsp3) is 1.00. The fourth-order valence-electron chi connectivity index (χ4n) is 2.53. The molecular formula is C12H24O6S2. The van der Waals surface area contributed by atoms with Crippen molar-refractivity contribution >= 4 is 19.7 Å². The molecule has 0 bridgehead atoms. The van der Waals surface area contributed by atoms with Crippen LogP contribution in [-0.2, 0) is 19.7 Å². The van der Waals surface area contributed by atoms with Gasteiger partial charge in [0.15, 0.2) is 19.7 Å². The van der Waals surface area contributed by atoms with E-state index in [1.54, 1.807) is 13.8 Å². The van der Waals surface area contributed by atoms with E-state index in [2.05, 4.69) is 0 Å². The summed E-state index contributed by atoms with van der Waals surface area (Å²) in [6.45, 7) is 2.35. The summed E-state index contributed by atoms with van der Waals surface area (Å²) >= 11 is 0. The van der Waals surface area contributed by atoms with Gasteiger partial charge in [0.05, 0.1) is 35.7 Å². The van der Waals surface area contributed by atoms with Gasteiger partial charge in [-0.3, -0.25) is 0 Å². The van der Waals surface area contributed by atoms with Crippen LogP contribution in [0.1, 0.15) is 26.7 Å². The highest BCUT2D eigenvalue weighted by molar-refractivity contribution is 7.92. The van der Waals surface area contributed by atoms with Crippen LogP contribution in [0.3, 0.4) is 0 Å². The van der Waals surface area contributed by atoms with Crippen LogP contribution < -0.4 is 0 Å². The maximum atomic E-state index is 11.9. The maximum absolute atomic E-state index is 11.9. The molecule has 0 aromatic carbocycles. The smallest absolute Gasteiger partial charge is 0.152 e. The summed E-state index contributed by atoms with van der Waals surface area (Å²) in [5.41, 5.74) is -1.04. The van der Waals surface area contributed by atoms with Gasteiger partial charge in [0.25, 0.3) is 0 Å². The van der Waals surface area contributed by atoms with E-state index in [1.165, 1.54) is 0 Å². The average Bonchev–Trinajstić information content (AvgIpc) is 2.72. The van der Waals surface area contributed by atoms with Gasteiger partial charge in [0.1, 0.15) is 0 Å². The summed E-state index contributed by atoms with van der Waals surface area (Å²) in [5.74, 6) is -0.584. The number of hydrogen-bond donors (Lipinski definition) is 2. The molecule has 1 saturated heterocycles. The van der Waals surface area contributed by atoms with Gasteiger partial charge in [-0.05, 0) is 32.6 Å². The van der Waals surface area contributed by atoms with Crippen molar-refractivity contribution in [2.75, 3.05) is 30.5 Å². The van der Waals surface area contributed by atoms with Gasteiger partial charge in [0.2, 0.25) is 0 Å². The molecule has 1 fully saturated rings. The standard InChI is InChI=1S/C12H24O6S2/c1-10(2)20(17,18)6-4-12(8-13,9-14)11-3-5-19(15,16)7-11/h10-11,13-14H,3-9H2,1-2H3. The molecule has 1 unspecified atom stereocenters. The molecule has 120 valence electrons. The molecule has 1 rings (SSSR count). The Morgan fingerprint density at radius 3 is 2.15 bits per heavy atom. The zero-order valence-electron chi connectivity index (χ0n) is 11.9. The van der Waals surface area contributed by atoms with Crippen molar-refractivity contribution in [3.05, 3.63) is 0 Å². The summed E-state index contributed by atoms with van der Waals surface area (Å²) in [6.07, 6.45) is 0.450. The van der Waals surface area contributed by atoms with E-state index < -0.39 is 43.6 Å². The van der Waals surface area contributed by atoms with Crippen LogP contribution in [0.25, 0.3) is 0 Å². The van der Waals surface area contributed by atoms with Gasteiger partial charge >= 0.3 is 0 Å². The van der Waals surface area contributed by atoms with Crippen LogP contribution in [0.15, 0.2) is 0 Å². The Kier molecular flexibility index (Phi) is 5.62. The molecular weight excluding hydrogens is 304 g/mol. The lowest BCUT2D eigenvalue weighted by atomic mass is 9.74. The highest BCUT2D eigenvalue weighted by Crippen LogP contribution is 2.39. The number of aliphatic hydroxyl groups excluding tert-OH is 2. The van der Waals surface area contributed by atoms with Crippen molar-refractivity contribution in [2.24, 2.45) is 11.3 Å². The van der Waals surface area contributed by atoms with Crippen LogP contribution >= 0.6 is 0 Å². The maximum Gasteiger partial charge on any atom is 0.152 e. The van der Waals surface area contributed by atoms with Crippen LogP contribution in [0, 0.1) is 11.3 Å². The molecule has 1 atom stereocenters. The summed E-state index contributed by atoms with van der Waals surface area (Å²) in [5, 5.41) is 18.7. The fourth-order valence-corrected chi connectivity index (χ4v) is 5.64. The third kappa shape index (κ3) is 3.93. The Labute approximate surface area is 121 Å². The molecule has 0 spiro atoms. The Morgan fingerprint density at radius 1 is 1.25 bits per heavy atom. The zero-order chi connectivity index (χ0) is 15.6. The van der Waals surface area contributed by atoms with Crippen LogP contribution in [0.4, 0.5) is 0 Å². The number of rotatable bonds is 7. The average molecular weight is 328 g/mol. The second kappa shape index (κ2) is 6.29. The Bertz CT molecular complexity index is 516. The van der Waals surface area contributed by atoms with Gasteiger partial charge in [0, 0.05) is 5.41 Å². The van der Waals surface area contributed by atoms with Crippen molar-refractivity contribution in [3.8, 4) is 0 Å². The van der Waals surface area contributed by atoms with E-state index in [0.717, 1.165) is 0 Å². The monoisotopic (exact) mass is 328 g/mol. The lowest BCUT2D eigenvalue weighted by Crippen LogP contribution is -2.41. The molecule has 1 aliphatic heterocycles. The third-order valence-corrected chi connectivity index (χ3v) is 8.31. The van der Waals surface area contributed by atoms with Gasteiger partial charge in [-0.1, -0.05) is 0 Å². The van der Waals surface area contributed by atoms with Gasteiger partial charge < -0.3 is 10.2 Å². The van der Waals surface area contributed by atoms with Crippen molar-refractivity contribution in [2.45, 2.75) is 31.9 Å². The summed E-state index contributed by atoms with van der Waals surface area (Å²) in [4.78, 5) is 0. The lowest BCUT2D eigenvalue weighted by Gasteiger charge is -2.35. The normalized spacial score (nSPS) is 23.4. The Hall–Kier alpha value is -0.180. The number of hydrogen-bond acceptors (Lipinski definition) is 6. The molecule has 0 aromatic rings. The SMILES string of the molecule is CC(C)S(=O)(=O)CCC(CO)(CO)C1CCS(=O)(=O)C1. The van der Waals surface area contributed by atoms with Gasteiger partial charge in [-0.15, -0.1) is 0 Å². The molecule has 1 heterocycles. The van der Waals surface area contributed by atoms with Crippen LogP contribution in [-0.4, -0.2) is 62.8 Å². The van der Waals surface area contributed by atoms with Gasteiger partial charge in [-0.25, -0.2) is 16.8 Å². The molecule has 0 radical (unpaired) electrons. The first kappa shape index (κ1) is 17.9. The minimum Gasteiger partial charge on any atom is -0.396 e. The predicted molar refractivity (Wildman–Crippen MR) is 76.9 cm³/mol. The highest BCUT2D eigenvalue weighted by atomic mass is 32.2. The number of aliphatic hydroxyl groups is 2. The van der Waals surface area contributed by atoms with E-state index in [4.69, 9.17) is 0 Å². The molecule has 0 amide bonds. The summed E-state index contributed by atoms with van der Waals surface area (Å²) in [7, 11) is -6.42. The van der Waals surface area contributed by atoms with Crippen molar-refractivity contribution < 1.29 is 27.0 Å². The topological polar surface area (TPSA) is 109 Å². The van der Waals surface area contributed by atoms with E-state index in [0.29, 0.717) is 6.42 Å². The molecule has 1 aliphatic rings. The van der Waals surface area contributed by atoms with Crippen LogP contribution in [0.5, 0.6) is 0 Å². The highest BCUT2D eigenvalue weighted by Gasteiger charge is 2.44. The van der Waals surface area contributed by atoms with Crippen LogP contribution in [0.2, 0.25) is 0 Å². The summed E-state index contributed by atoms with van der Waals surface area (Å²) in [6, 6.07) is 0. The van der Waals surface area contributed by atoms with E-state index in [1.807, 2.05) is 0 Å². The molecule has 0 aliphatic carbocycles. The molecule has 8 heteroatoms. The minimum atomic E-state index is -3.28. The van der Waals surface area contributed by atoms with E-state index in [9.17, 15) is 27.0 Å². The predicted octanol–water partition coefficient (Wildman–Crippen LogP) is -0.395. The van der Waals surface area contributed by atoms with E-state index >= 15 is 0 Å². The third-order valence-electron chi connectivity index (χ3n) is 4.33. The van der Waals surface area contributed by atoms with Gasteiger partial charge in [-0.2, -0.15) is 0 Å². The van der Waals surface area contributed by atoms with Crippen molar-refractivity contribution in [1.82, 2.24) is 0 Å². The summed E-state index contributed by atoms with van der Waals surface area (Å²) < 4.78 is 46.8. The molecule has 0 saturated carbocycles. The van der Waals surface area contributed by atoms with Crippen molar-refractivity contribution in [3.63, 3.8) is 0 Å². The second-order valence-electron chi connectivity index (χ2n) is 5.94. The minimum absolute atomic E-state index is 0.0380. The molecule has 0 aromatic heterocycles. The Balaban J connectivity index is 2.88. The molecule has 2 N–H and O–H groups in total. The first-order valence-corrected chi connectivity index (χ1v) is 10.3. The largest absolute Gasteiger partial charge is 0.396 e. The first-order valence-electron chi connectivity index (χ1n) is 6.72. The quantitative estimate of drug-likeness (QED) is 0.658. The van der Waals surface area contributed by atoms with E-state index in [-0.39, 0.29) is 29.6 Å².